The molecule has 0 aliphatic carbocycles. The van der Waals surface area contributed by atoms with Crippen molar-refractivity contribution >= 4 is 28.3 Å². The lowest BCUT2D eigenvalue weighted by Gasteiger charge is -2.00. The van der Waals surface area contributed by atoms with Crippen molar-refractivity contribution < 1.29 is 18.7 Å². The number of hydrogen-bond donors (Lipinski definition) is 1. The molecule has 2 rings (SSSR count). The molecule has 0 radical (unpaired) electrons. The van der Waals surface area contributed by atoms with Crippen LogP contribution in [-0.4, -0.2) is 24.0 Å². The number of methoxy groups -OCH3 is 1. The van der Waals surface area contributed by atoms with Gasteiger partial charge in [-0.3, -0.25) is 10.1 Å². The molecule has 1 N–H and O–H groups in total. The molecule has 0 unspecified atom stereocenters. The van der Waals surface area contributed by atoms with E-state index in [-0.39, 0.29) is 5.13 Å². The molecule has 1 heterocycles. The quantitative estimate of drug-likeness (QED) is 0.884. The first-order valence-electron chi connectivity index (χ1n) is 5.64. The molecule has 2 aromatic rings. The number of ether oxygens (including phenoxy) is 1. The molecule has 0 bridgehead atoms. The number of anilines is 1. The smallest absolute Gasteiger partial charge is 0.350 e. The normalized spacial score (nSPS) is 10.2. The van der Waals surface area contributed by atoms with Crippen LogP contribution in [0.25, 0.3) is 0 Å². The van der Waals surface area contributed by atoms with Gasteiger partial charge in [0, 0.05) is 5.56 Å². The molecule has 1 amide bonds. The Hall–Kier alpha value is -2.28. The van der Waals surface area contributed by atoms with Crippen LogP contribution >= 0.6 is 11.3 Å². The zero-order valence-corrected chi connectivity index (χ0v) is 11.6. The number of aryl methyl sites for hydroxylation is 1. The van der Waals surface area contributed by atoms with Crippen LogP contribution in [0, 0.1) is 12.7 Å². The van der Waals surface area contributed by atoms with E-state index in [4.69, 9.17) is 0 Å². The molecule has 104 valence electrons. The fraction of sp³-hybridized carbons (Fsp3) is 0.154. The summed E-state index contributed by atoms with van der Waals surface area (Å²) in [5.41, 5.74) is 0.787. The van der Waals surface area contributed by atoms with Gasteiger partial charge in [-0.15, -0.1) is 0 Å². The summed E-state index contributed by atoms with van der Waals surface area (Å²) >= 11 is 1.03. The number of nitrogens with one attached hydrogen (secondary N) is 1. The Bertz CT molecular complexity index is 652. The van der Waals surface area contributed by atoms with Gasteiger partial charge in [-0.2, -0.15) is 0 Å². The summed E-state index contributed by atoms with van der Waals surface area (Å²) in [5.74, 6) is -1.34. The summed E-state index contributed by atoms with van der Waals surface area (Å²) in [6.07, 6.45) is 0. The Labute approximate surface area is 118 Å². The van der Waals surface area contributed by atoms with E-state index in [9.17, 15) is 14.0 Å². The first-order chi connectivity index (χ1) is 9.51. The van der Waals surface area contributed by atoms with Gasteiger partial charge in [-0.1, -0.05) is 11.3 Å². The van der Waals surface area contributed by atoms with E-state index >= 15 is 0 Å². The Kier molecular flexibility index (Phi) is 4.09. The van der Waals surface area contributed by atoms with Gasteiger partial charge < -0.3 is 4.74 Å². The molecular formula is C13H11FN2O3S. The minimum atomic E-state index is -0.498. The van der Waals surface area contributed by atoms with Crippen LogP contribution in [0.3, 0.4) is 0 Å². The fourth-order valence-corrected chi connectivity index (χ4v) is 2.38. The number of nitrogens with zero attached hydrogens (tertiary/aromatic N) is 1. The largest absolute Gasteiger partial charge is 0.465 e. The highest BCUT2D eigenvalue weighted by atomic mass is 32.1. The summed E-state index contributed by atoms with van der Waals surface area (Å²) in [5, 5.41) is 2.85. The summed E-state index contributed by atoms with van der Waals surface area (Å²) in [6.45, 7) is 1.65. The van der Waals surface area contributed by atoms with Gasteiger partial charge in [0.05, 0.1) is 12.8 Å². The molecule has 0 aliphatic heterocycles. The van der Waals surface area contributed by atoms with Gasteiger partial charge >= 0.3 is 5.97 Å². The van der Waals surface area contributed by atoms with Crippen molar-refractivity contribution in [1.29, 1.82) is 0 Å². The summed E-state index contributed by atoms with van der Waals surface area (Å²) in [6, 6.07) is 5.13. The van der Waals surface area contributed by atoms with Crippen molar-refractivity contribution in [3.8, 4) is 0 Å². The van der Waals surface area contributed by atoms with E-state index < -0.39 is 17.7 Å². The number of thiazole rings is 1. The molecule has 0 spiro atoms. The van der Waals surface area contributed by atoms with Crippen LogP contribution in [0.15, 0.2) is 24.3 Å². The van der Waals surface area contributed by atoms with Crippen molar-refractivity contribution in [1.82, 2.24) is 4.98 Å². The Morgan fingerprint density at radius 3 is 2.55 bits per heavy atom. The number of hydrogen-bond acceptors (Lipinski definition) is 5. The molecule has 5 nitrogen and oxygen atoms in total. The second-order valence-electron chi connectivity index (χ2n) is 3.89. The van der Waals surface area contributed by atoms with Crippen molar-refractivity contribution in [3.05, 3.63) is 46.2 Å². The zero-order chi connectivity index (χ0) is 14.7. The predicted molar refractivity (Wildman–Crippen MR) is 72.5 cm³/mol. The van der Waals surface area contributed by atoms with Crippen molar-refractivity contribution in [2.75, 3.05) is 12.4 Å². The van der Waals surface area contributed by atoms with Crippen LogP contribution < -0.4 is 5.32 Å². The Balaban J connectivity index is 2.16. The third kappa shape index (κ3) is 3.00. The standard InChI is InChI=1S/C13H11FN2O3S/c1-7-10(12(18)19-2)20-13(15-7)16-11(17)8-3-5-9(14)6-4-8/h3-6H,1-2H3,(H,15,16,17). The SMILES string of the molecule is COC(=O)c1sc(NC(=O)c2ccc(F)cc2)nc1C. The van der Waals surface area contributed by atoms with E-state index in [2.05, 4.69) is 15.0 Å². The molecule has 0 fully saturated rings. The number of halogens is 1. The van der Waals surface area contributed by atoms with Gasteiger partial charge in [0.2, 0.25) is 0 Å². The summed E-state index contributed by atoms with van der Waals surface area (Å²) in [7, 11) is 1.28. The second-order valence-corrected chi connectivity index (χ2v) is 4.89. The lowest BCUT2D eigenvalue weighted by molar-refractivity contribution is 0.0605. The minimum Gasteiger partial charge on any atom is -0.465 e. The monoisotopic (exact) mass is 294 g/mol. The van der Waals surface area contributed by atoms with Gasteiger partial charge in [-0.25, -0.2) is 14.2 Å². The van der Waals surface area contributed by atoms with Gasteiger partial charge in [0.25, 0.3) is 5.91 Å². The highest BCUT2D eigenvalue weighted by molar-refractivity contribution is 7.17. The topological polar surface area (TPSA) is 68.3 Å². The van der Waals surface area contributed by atoms with E-state index in [0.29, 0.717) is 16.1 Å². The van der Waals surface area contributed by atoms with Crippen LogP contribution in [0.4, 0.5) is 9.52 Å². The maximum Gasteiger partial charge on any atom is 0.350 e. The molecule has 0 atom stereocenters. The van der Waals surface area contributed by atoms with E-state index in [1.165, 1.54) is 31.4 Å². The number of carbonyl (C=O) groups excluding carboxylic acids is 2. The van der Waals surface area contributed by atoms with Crippen molar-refractivity contribution in [3.63, 3.8) is 0 Å². The zero-order valence-electron chi connectivity index (χ0n) is 10.8. The number of rotatable bonds is 3. The van der Waals surface area contributed by atoms with Crippen LogP contribution in [0.2, 0.25) is 0 Å². The van der Waals surface area contributed by atoms with E-state index in [1.807, 2.05) is 0 Å². The van der Waals surface area contributed by atoms with Gasteiger partial charge in [0.15, 0.2) is 5.13 Å². The molecular weight excluding hydrogens is 283 g/mol. The second kappa shape index (κ2) is 5.79. The Morgan fingerprint density at radius 1 is 1.30 bits per heavy atom. The van der Waals surface area contributed by atoms with Gasteiger partial charge in [-0.05, 0) is 31.2 Å². The summed E-state index contributed by atoms with van der Waals surface area (Å²) in [4.78, 5) is 27.7. The number of carbonyl (C=O) groups is 2. The molecule has 0 saturated carbocycles. The Morgan fingerprint density at radius 2 is 1.95 bits per heavy atom. The first-order valence-corrected chi connectivity index (χ1v) is 6.45. The van der Waals surface area contributed by atoms with Crippen LogP contribution in [0.5, 0.6) is 0 Å². The van der Waals surface area contributed by atoms with Crippen LogP contribution in [-0.2, 0) is 4.74 Å². The van der Waals surface area contributed by atoms with Gasteiger partial charge in [0.1, 0.15) is 10.7 Å². The predicted octanol–water partition coefficient (Wildman–Crippen LogP) is 2.63. The van der Waals surface area contributed by atoms with Crippen molar-refractivity contribution in [2.45, 2.75) is 6.92 Å². The average molecular weight is 294 g/mol. The van der Waals surface area contributed by atoms with Crippen LogP contribution in [0.1, 0.15) is 25.7 Å². The highest BCUT2D eigenvalue weighted by Crippen LogP contribution is 2.23. The van der Waals surface area contributed by atoms with Crippen molar-refractivity contribution in [2.24, 2.45) is 0 Å². The molecule has 1 aromatic heterocycles. The molecule has 1 aromatic carbocycles. The minimum absolute atomic E-state index is 0.289. The molecule has 7 heteroatoms. The third-order valence-corrected chi connectivity index (χ3v) is 3.55. The van der Waals surface area contributed by atoms with E-state index in [1.54, 1.807) is 6.92 Å². The molecule has 0 saturated heterocycles. The number of benzene rings is 1. The molecule has 0 aliphatic rings. The number of esters is 1. The first kappa shape index (κ1) is 14.1. The summed E-state index contributed by atoms with van der Waals surface area (Å²) < 4.78 is 17.4. The maximum atomic E-state index is 12.8. The molecule has 20 heavy (non-hydrogen) atoms. The number of aromatic nitrogens is 1. The maximum absolute atomic E-state index is 12.8. The highest BCUT2D eigenvalue weighted by Gasteiger charge is 2.17. The number of amides is 1. The lowest BCUT2D eigenvalue weighted by Crippen LogP contribution is -2.11. The lowest BCUT2D eigenvalue weighted by atomic mass is 10.2. The van der Waals surface area contributed by atoms with E-state index in [0.717, 1.165) is 11.3 Å². The average Bonchev–Trinajstić information content (AvgIpc) is 2.79. The third-order valence-electron chi connectivity index (χ3n) is 2.49. The fourth-order valence-electron chi connectivity index (χ4n) is 1.50.